The average Bonchev–Trinajstić information content (AvgIpc) is 2.42. The maximum absolute atomic E-state index is 5.70. The number of aryl methyl sites for hydroxylation is 2. The monoisotopic (exact) mass is 162 g/mol. The molecular weight excluding hydrogens is 152 g/mol. The average molecular weight is 162 g/mol. The summed E-state index contributed by atoms with van der Waals surface area (Å²) in [6, 6.07) is 3.81. The van der Waals surface area contributed by atoms with E-state index in [9.17, 15) is 0 Å². The fourth-order valence-corrected chi connectivity index (χ4v) is 1.40. The highest BCUT2D eigenvalue weighted by atomic mass is 16.5. The van der Waals surface area contributed by atoms with Gasteiger partial charge in [-0.15, -0.1) is 0 Å². The maximum atomic E-state index is 5.70. The van der Waals surface area contributed by atoms with Gasteiger partial charge in [-0.3, -0.25) is 0 Å². The highest BCUT2D eigenvalue weighted by molar-refractivity contribution is 5.91. The Labute approximate surface area is 70.1 Å². The molecule has 1 aromatic carbocycles. The Balaban J connectivity index is 2.98. The number of anilines is 1. The van der Waals surface area contributed by atoms with Crippen LogP contribution in [-0.4, -0.2) is 5.16 Å². The third-order valence-corrected chi connectivity index (χ3v) is 2.03. The Kier molecular flexibility index (Phi) is 1.33. The molecule has 0 saturated heterocycles. The van der Waals surface area contributed by atoms with Crippen molar-refractivity contribution in [1.29, 1.82) is 0 Å². The zero-order valence-electron chi connectivity index (χ0n) is 7.09. The van der Waals surface area contributed by atoms with Crippen molar-refractivity contribution in [3.63, 3.8) is 0 Å². The summed E-state index contributed by atoms with van der Waals surface area (Å²) < 4.78 is 5.09. The van der Waals surface area contributed by atoms with Crippen LogP contribution in [0.3, 0.4) is 0 Å². The van der Waals surface area contributed by atoms with Gasteiger partial charge in [0.15, 0.2) is 5.58 Å². The van der Waals surface area contributed by atoms with Crippen LogP contribution in [0.4, 0.5) is 5.69 Å². The van der Waals surface area contributed by atoms with Gasteiger partial charge in [-0.1, -0.05) is 11.2 Å². The van der Waals surface area contributed by atoms with Gasteiger partial charge in [0.25, 0.3) is 0 Å². The van der Waals surface area contributed by atoms with Crippen LogP contribution in [0, 0.1) is 13.8 Å². The van der Waals surface area contributed by atoms with Crippen LogP contribution < -0.4 is 5.73 Å². The van der Waals surface area contributed by atoms with Crippen LogP contribution in [0.1, 0.15) is 11.3 Å². The van der Waals surface area contributed by atoms with Crippen molar-refractivity contribution < 1.29 is 4.52 Å². The molecule has 0 saturated carbocycles. The van der Waals surface area contributed by atoms with Gasteiger partial charge < -0.3 is 10.3 Å². The summed E-state index contributed by atoms with van der Waals surface area (Å²) in [6.45, 7) is 3.93. The highest BCUT2D eigenvalue weighted by Gasteiger charge is 2.08. The van der Waals surface area contributed by atoms with E-state index in [0.717, 1.165) is 16.6 Å². The van der Waals surface area contributed by atoms with Crippen molar-refractivity contribution in [2.24, 2.45) is 0 Å². The molecule has 0 radical (unpaired) electrons. The van der Waals surface area contributed by atoms with E-state index >= 15 is 0 Å². The quantitative estimate of drug-likeness (QED) is 0.603. The molecule has 62 valence electrons. The Morgan fingerprint density at radius 3 is 2.75 bits per heavy atom. The minimum Gasteiger partial charge on any atom is -0.396 e. The van der Waals surface area contributed by atoms with E-state index in [4.69, 9.17) is 10.3 Å². The summed E-state index contributed by atoms with van der Waals surface area (Å²) >= 11 is 0. The topological polar surface area (TPSA) is 52.0 Å². The molecule has 3 nitrogen and oxygen atoms in total. The minimum atomic E-state index is 0.649. The number of benzene rings is 1. The molecule has 0 aliphatic rings. The van der Waals surface area contributed by atoms with Crippen LogP contribution in [0.2, 0.25) is 0 Å². The molecule has 0 fully saturated rings. The molecule has 2 N–H and O–H groups in total. The second-order valence-corrected chi connectivity index (χ2v) is 2.94. The predicted molar refractivity (Wildman–Crippen MR) is 47.9 cm³/mol. The van der Waals surface area contributed by atoms with Gasteiger partial charge in [-0.05, 0) is 25.5 Å². The van der Waals surface area contributed by atoms with Crippen molar-refractivity contribution in [2.75, 3.05) is 5.73 Å². The van der Waals surface area contributed by atoms with Gasteiger partial charge in [0.1, 0.15) is 0 Å². The number of rotatable bonds is 0. The smallest absolute Gasteiger partial charge is 0.190 e. The van der Waals surface area contributed by atoms with Gasteiger partial charge in [0.05, 0.1) is 11.4 Å². The number of fused-ring (bicyclic) bond motifs is 1. The van der Waals surface area contributed by atoms with Crippen LogP contribution in [0.15, 0.2) is 16.7 Å². The largest absolute Gasteiger partial charge is 0.396 e. The number of nitrogens with two attached hydrogens (primary N) is 1. The first kappa shape index (κ1) is 7.16. The van der Waals surface area contributed by atoms with Crippen LogP contribution in [0.5, 0.6) is 0 Å². The molecule has 0 aliphatic carbocycles. The lowest BCUT2D eigenvalue weighted by molar-refractivity contribution is 0.451. The summed E-state index contributed by atoms with van der Waals surface area (Å²) in [5, 5.41) is 4.90. The summed E-state index contributed by atoms with van der Waals surface area (Å²) in [4.78, 5) is 0. The third kappa shape index (κ3) is 0.794. The lowest BCUT2D eigenvalue weighted by Gasteiger charge is -1.96. The summed E-state index contributed by atoms with van der Waals surface area (Å²) in [5.41, 5.74) is 9.10. The summed E-state index contributed by atoms with van der Waals surface area (Å²) in [5.74, 6) is 0. The molecule has 1 heterocycles. The fourth-order valence-electron chi connectivity index (χ4n) is 1.40. The molecule has 2 aromatic rings. The molecule has 0 spiro atoms. The van der Waals surface area contributed by atoms with Crippen LogP contribution in [-0.2, 0) is 0 Å². The zero-order chi connectivity index (χ0) is 8.72. The highest BCUT2D eigenvalue weighted by Crippen LogP contribution is 2.26. The lowest BCUT2D eigenvalue weighted by Crippen LogP contribution is -1.86. The molecule has 2 rings (SSSR count). The van der Waals surface area contributed by atoms with E-state index in [2.05, 4.69) is 5.16 Å². The second kappa shape index (κ2) is 2.24. The maximum Gasteiger partial charge on any atom is 0.190 e. The molecular formula is C9H10N2O. The van der Waals surface area contributed by atoms with Crippen LogP contribution >= 0.6 is 0 Å². The molecule has 0 unspecified atom stereocenters. The number of nitrogen functional groups attached to an aromatic ring is 1. The van der Waals surface area contributed by atoms with E-state index in [1.807, 2.05) is 26.0 Å². The predicted octanol–water partition coefficient (Wildman–Crippen LogP) is 2.03. The Hall–Kier alpha value is -1.51. The SMILES string of the molecule is Cc1ccc(N)c2onc(C)c12. The fraction of sp³-hybridized carbons (Fsp3) is 0.222. The number of aromatic nitrogens is 1. The Morgan fingerprint density at radius 2 is 2.08 bits per heavy atom. The molecule has 1 aromatic heterocycles. The van der Waals surface area contributed by atoms with Gasteiger partial charge in [0, 0.05) is 5.39 Å². The Bertz CT molecular complexity index is 431. The third-order valence-electron chi connectivity index (χ3n) is 2.03. The first-order chi connectivity index (χ1) is 5.70. The molecule has 12 heavy (non-hydrogen) atoms. The second-order valence-electron chi connectivity index (χ2n) is 2.94. The van der Waals surface area contributed by atoms with E-state index in [1.165, 1.54) is 0 Å². The first-order valence-electron chi connectivity index (χ1n) is 3.81. The number of hydrogen-bond acceptors (Lipinski definition) is 3. The number of hydrogen-bond donors (Lipinski definition) is 1. The van der Waals surface area contributed by atoms with E-state index in [1.54, 1.807) is 0 Å². The normalized spacial score (nSPS) is 10.8. The van der Waals surface area contributed by atoms with Gasteiger partial charge in [-0.2, -0.15) is 0 Å². The molecule has 0 aliphatic heterocycles. The standard InChI is InChI=1S/C9H10N2O/c1-5-3-4-7(10)9-8(5)6(2)11-12-9/h3-4H,10H2,1-2H3. The van der Waals surface area contributed by atoms with E-state index in [-0.39, 0.29) is 0 Å². The van der Waals surface area contributed by atoms with Gasteiger partial charge in [-0.25, -0.2) is 0 Å². The summed E-state index contributed by atoms with van der Waals surface area (Å²) in [7, 11) is 0. The zero-order valence-corrected chi connectivity index (χ0v) is 7.09. The van der Waals surface area contributed by atoms with E-state index < -0.39 is 0 Å². The van der Waals surface area contributed by atoms with E-state index in [0.29, 0.717) is 11.3 Å². The van der Waals surface area contributed by atoms with Gasteiger partial charge in [0.2, 0.25) is 0 Å². The van der Waals surface area contributed by atoms with Crippen molar-refractivity contribution in [1.82, 2.24) is 5.16 Å². The number of nitrogens with zero attached hydrogens (tertiary/aromatic N) is 1. The van der Waals surface area contributed by atoms with Crippen molar-refractivity contribution in [3.05, 3.63) is 23.4 Å². The lowest BCUT2D eigenvalue weighted by atomic mass is 10.1. The molecule has 0 atom stereocenters. The van der Waals surface area contributed by atoms with Crippen molar-refractivity contribution >= 4 is 16.7 Å². The molecule has 3 heteroatoms. The first-order valence-corrected chi connectivity index (χ1v) is 3.81. The Morgan fingerprint density at radius 1 is 1.33 bits per heavy atom. The molecule has 0 bridgehead atoms. The van der Waals surface area contributed by atoms with Crippen LogP contribution in [0.25, 0.3) is 11.0 Å². The molecule has 0 amide bonds. The van der Waals surface area contributed by atoms with Crippen molar-refractivity contribution in [3.8, 4) is 0 Å². The minimum absolute atomic E-state index is 0.649. The van der Waals surface area contributed by atoms with Gasteiger partial charge >= 0.3 is 0 Å². The summed E-state index contributed by atoms with van der Waals surface area (Å²) in [6.07, 6.45) is 0. The van der Waals surface area contributed by atoms with Crippen molar-refractivity contribution in [2.45, 2.75) is 13.8 Å².